The molecular formula is C27H62N2O10. The van der Waals surface area contributed by atoms with Gasteiger partial charge in [-0.3, -0.25) is 4.90 Å². The average molecular weight is 575 g/mol. The molecule has 0 spiro atoms. The molecule has 4 unspecified atom stereocenters. The van der Waals surface area contributed by atoms with Crippen LogP contribution in [-0.4, -0.2) is 158 Å². The van der Waals surface area contributed by atoms with Crippen LogP contribution < -0.4 is 5.73 Å². The quantitative estimate of drug-likeness (QED) is 0.105. The number of nitrogens with two attached hydrogens (primary N) is 1. The Labute approximate surface area is 238 Å². The van der Waals surface area contributed by atoms with Crippen molar-refractivity contribution in [3.8, 4) is 0 Å². The van der Waals surface area contributed by atoms with Crippen LogP contribution in [-0.2, 0) is 33.2 Å². The number of rotatable bonds is 22. The Kier molecular flexibility index (Phi) is 39.2. The lowest BCUT2D eigenvalue weighted by molar-refractivity contribution is -0.0373. The molecule has 0 aromatic heterocycles. The van der Waals surface area contributed by atoms with Crippen LogP contribution in [0.25, 0.3) is 0 Å². The Hall–Kier alpha value is -0.480. The Balaban J connectivity index is -0.000000551. The largest absolute Gasteiger partial charge is 0.396 e. The van der Waals surface area contributed by atoms with E-state index in [2.05, 4.69) is 4.74 Å². The fourth-order valence-corrected chi connectivity index (χ4v) is 2.41. The Morgan fingerprint density at radius 3 is 1.44 bits per heavy atom. The molecule has 0 aliphatic carbocycles. The van der Waals surface area contributed by atoms with E-state index in [0.29, 0.717) is 72.6 Å². The summed E-state index contributed by atoms with van der Waals surface area (Å²) in [4.78, 5) is 2.00. The van der Waals surface area contributed by atoms with Crippen LogP contribution in [0.1, 0.15) is 41.0 Å². The van der Waals surface area contributed by atoms with Gasteiger partial charge >= 0.3 is 0 Å². The molecule has 1 rings (SSSR count). The molecule has 0 aromatic rings. The van der Waals surface area contributed by atoms with Gasteiger partial charge in [0.1, 0.15) is 0 Å². The maximum atomic E-state index is 8.96. The minimum absolute atomic E-state index is 0.0180. The molecule has 0 aromatic carbocycles. The Morgan fingerprint density at radius 1 is 0.718 bits per heavy atom. The SMILES string of the molecule is C1CO1.CCCO.COCCOCC(C)OCC(C)N.COCCOCC(C)OCC(C)N(CCO)CCO. The van der Waals surface area contributed by atoms with Crippen LogP contribution >= 0.6 is 0 Å². The molecule has 0 saturated carbocycles. The number of nitrogens with zero attached hydrogens (tertiary/aromatic N) is 1. The summed E-state index contributed by atoms with van der Waals surface area (Å²) in [6.07, 6.45) is 0.993. The molecule has 12 heteroatoms. The van der Waals surface area contributed by atoms with Gasteiger partial charge in [-0.05, 0) is 34.1 Å². The van der Waals surface area contributed by atoms with Crippen molar-refractivity contribution in [2.45, 2.75) is 65.3 Å². The first kappa shape index (κ1) is 43.0. The Bertz CT molecular complexity index is 427. The lowest BCUT2D eigenvalue weighted by atomic mass is 10.3. The molecule has 1 aliphatic heterocycles. The van der Waals surface area contributed by atoms with Crippen LogP contribution in [0.4, 0.5) is 0 Å². The maximum Gasteiger partial charge on any atom is 0.0781 e. The lowest BCUT2D eigenvalue weighted by Gasteiger charge is -2.28. The third-order valence-electron chi connectivity index (χ3n) is 4.66. The van der Waals surface area contributed by atoms with Crippen molar-refractivity contribution >= 4 is 0 Å². The summed E-state index contributed by atoms with van der Waals surface area (Å²) in [5.74, 6) is 0. The van der Waals surface area contributed by atoms with E-state index < -0.39 is 0 Å². The number of aliphatic hydroxyl groups excluding tert-OH is 3. The molecular weight excluding hydrogens is 512 g/mol. The molecule has 1 fully saturated rings. The number of hydrogen-bond acceptors (Lipinski definition) is 12. The summed E-state index contributed by atoms with van der Waals surface area (Å²) < 4.78 is 36.0. The fraction of sp³-hybridized carbons (Fsp3) is 1.00. The van der Waals surface area contributed by atoms with E-state index in [0.717, 1.165) is 19.6 Å². The zero-order valence-corrected chi connectivity index (χ0v) is 25.8. The van der Waals surface area contributed by atoms with E-state index >= 15 is 0 Å². The normalized spacial score (nSPS) is 15.1. The fourth-order valence-electron chi connectivity index (χ4n) is 2.41. The van der Waals surface area contributed by atoms with Gasteiger partial charge in [0, 0.05) is 46.0 Å². The minimum Gasteiger partial charge on any atom is -0.396 e. The van der Waals surface area contributed by atoms with Crippen molar-refractivity contribution in [3.05, 3.63) is 0 Å². The Morgan fingerprint density at radius 2 is 1.13 bits per heavy atom. The van der Waals surface area contributed by atoms with Gasteiger partial charge in [0.15, 0.2) is 0 Å². The molecule has 1 saturated heterocycles. The van der Waals surface area contributed by atoms with E-state index in [9.17, 15) is 0 Å². The van der Waals surface area contributed by atoms with Gasteiger partial charge in [-0.2, -0.15) is 0 Å². The van der Waals surface area contributed by atoms with Gasteiger partial charge in [0.25, 0.3) is 0 Å². The summed E-state index contributed by atoms with van der Waals surface area (Å²) in [7, 11) is 3.29. The van der Waals surface area contributed by atoms with Crippen LogP contribution in [0.15, 0.2) is 0 Å². The summed E-state index contributed by atoms with van der Waals surface area (Å²) in [6.45, 7) is 18.0. The van der Waals surface area contributed by atoms with Crippen molar-refractivity contribution in [1.29, 1.82) is 0 Å². The zero-order valence-electron chi connectivity index (χ0n) is 25.8. The second-order valence-electron chi connectivity index (χ2n) is 9.07. The summed E-state index contributed by atoms with van der Waals surface area (Å²) >= 11 is 0. The average Bonchev–Trinajstić information content (AvgIpc) is 3.81. The maximum absolute atomic E-state index is 8.96. The zero-order chi connectivity index (χ0) is 30.2. The first-order valence-electron chi connectivity index (χ1n) is 14.0. The van der Waals surface area contributed by atoms with Crippen LogP contribution in [0.3, 0.4) is 0 Å². The van der Waals surface area contributed by atoms with Gasteiger partial charge in [0.2, 0.25) is 0 Å². The first-order chi connectivity index (χ1) is 18.7. The smallest absolute Gasteiger partial charge is 0.0781 e. The van der Waals surface area contributed by atoms with Gasteiger partial charge < -0.3 is 54.2 Å². The topological polar surface area (TPSA) is 158 Å². The number of epoxide rings is 1. The highest BCUT2D eigenvalue weighted by Gasteiger charge is 2.14. The monoisotopic (exact) mass is 574 g/mol. The molecule has 5 N–H and O–H groups in total. The number of aliphatic hydroxyl groups is 3. The molecule has 39 heavy (non-hydrogen) atoms. The van der Waals surface area contributed by atoms with Crippen LogP contribution in [0.2, 0.25) is 0 Å². The molecule has 1 heterocycles. The summed E-state index contributed by atoms with van der Waals surface area (Å²) in [5, 5.41) is 25.8. The van der Waals surface area contributed by atoms with Crippen molar-refractivity contribution in [3.63, 3.8) is 0 Å². The van der Waals surface area contributed by atoms with Gasteiger partial charge in [0.05, 0.1) is 91.5 Å². The van der Waals surface area contributed by atoms with E-state index in [1.165, 1.54) is 0 Å². The van der Waals surface area contributed by atoms with Crippen molar-refractivity contribution < 1.29 is 48.5 Å². The number of methoxy groups -OCH3 is 2. The second-order valence-corrected chi connectivity index (χ2v) is 9.07. The number of ether oxygens (including phenoxy) is 7. The van der Waals surface area contributed by atoms with Gasteiger partial charge in [-0.1, -0.05) is 6.92 Å². The summed E-state index contributed by atoms with van der Waals surface area (Å²) in [5.41, 5.74) is 5.53. The van der Waals surface area contributed by atoms with Gasteiger partial charge in [-0.15, -0.1) is 0 Å². The molecule has 1 aliphatic rings. The minimum atomic E-state index is 0.0180. The second kappa shape index (κ2) is 35.5. The third-order valence-corrected chi connectivity index (χ3v) is 4.66. The lowest BCUT2D eigenvalue weighted by Crippen LogP contribution is -2.41. The third kappa shape index (κ3) is 42.1. The standard InChI is InChI=1S/C13H29NO5.C9H21NO3.C3H8O.C2H4O/c1-12(14(4-6-15)5-7-16)10-19-13(2)11-18-9-8-17-3;1-8(10)6-13-9(2)7-12-5-4-11-3;1-2-3-4;1-2-3-1/h12-13,15-16H,4-11H2,1-3H3;8-9H,4-7,10H2,1-3H3;4H,2-3H2,1H3;1-2H2. The highest BCUT2D eigenvalue weighted by molar-refractivity contribution is 4.67. The molecule has 4 atom stereocenters. The summed E-state index contributed by atoms with van der Waals surface area (Å²) in [6, 6.07) is 0.238. The molecule has 240 valence electrons. The van der Waals surface area contributed by atoms with Crippen molar-refractivity contribution in [2.75, 3.05) is 113 Å². The van der Waals surface area contributed by atoms with E-state index in [1.54, 1.807) is 14.2 Å². The van der Waals surface area contributed by atoms with Crippen LogP contribution in [0, 0.1) is 0 Å². The predicted octanol–water partition coefficient (Wildman–Crippen LogP) is 0.537. The first-order valence-corrected chi connectivity index (χ1v) is 14.0. The molecule has 12 nitrogen and oxygen atoms in total. The van der Waals surface area contributed by atoms with E-state index in [4.69, 9.17) is 49.5 Å². The number of hydrogen-bond donors (Lipinski definition) is 4. The predicted molar refractivity (Wildman–Crippen MR) is 153 cm³/mol. The van der Waals surface area contributed by atoms with E-state index in [1.807, 2.05) is 39.5 Å². The van der Waals surface area contributed by atoms with Crippen molar-refractivity contribution in [1.82, 2.24) is 4.90 Å². The highest BCUT2D eigenvalue weighted by atomic mass is 16.6. The molecule has 0 radical (unpaired) electrons. The van der Waals surface area contributed by atoms with Crippen molar-refractivity contribution in [2.24, 2.45) is 5.73 Å². The molecule has 0 bridgehead atoms. The highest BCUT2D eigenvalue weighted by Crippen LogP contribution is 2.02. The van der Waals surface area contributed by atoms with E-state index in [-0.39, 0.29) is 37.5 Å². The van der Waals surface area contributed by atoms with Gasteiger partial charge in [-0.25, -0.2) is 0 Å². The molecule has 0 amide bonds. The van der Waals surface area contributed by atoms with Crippen LogP contribution in [0.5, 0.6) is 0 Å².